The largest absolute Gasteiger partial charge is 0.461 e. The number of thiophene rings is 1. The lowest BCUT2D eigenvalue weighted by molar-refractivity contribution is 0.0520. The smallest absolute Gasteiger partial charge is 0.357 e. The third kappa shape index (κ3) is 2.73. The number of ether oxygens (including phenoxy) is 1. The Labute approximate surface area is 108 Å². The zero-order chi connectivity index (χ0) is 12.3. The van der Waals surface area contributed by atoms with Crippen LogP contribution in [0.15, 0.2) is 17.5 Å². The quantitative estimate of drug-likeness (QED) is 0.794. The summed E-state index contributed by atoms with van der Waals surface area (Å²) < 4.78 is 4.91. The molecular weight excluding hydrogens is 254 g/mol. The number of thiazole rings is 1. The van der Waals surface area contributed by atoms with Crippen molar-refractivity contribution in [3.8, 4) is 9.88 Å². The van der Waals surface area contributed by atoms with Crippen molar-refractivity contribution in [1.82, 2.24) is 4.98 Å². The number of carbonyl (C=O) groups excluding carboxylic acids is 1. The van der Waals surface area contributed by atoms with Crippen molar-refractivity contribution in [2.24, 2.45) is 0 Å². The van der Waals surface area contributed by atoms with E-state index in [1.54, 1.807) is 23.6 Å². The third-order valence-electron chi connectivity index (χ3n) is 2.21. The van der Waals surface area contributed by atoms with Gasteiger partial charge in [0, 0.05) is 10.3 Å². The standard InChI is InChI=1S/C12H13NO2S2/c1-3-8-5-6-10(17-8)11-13-9(7-16-11)12(14)15-4-2/h5-7H,3-4H2,1-2H3. The van der Waals surface area contributed by atoms with Gasteiger partial charge in [0.25, 0.3) is 0 Å². The molecule has 5 heteroatoms. The molecule has 0 aliphatic carbocycles. The summed E-state index contributed by atoms with van der Waals surface area (Å²) >= 11 is 3.20. The van der Waals surface area contributed by atoms with E-state index in [4.69, 9.17) is 4.74 Å². The van der Waals surface area contributed by atoms with E-state index in [2.05, 4.69) is 24.0 Å². The highest BCUT2D eigenvalue weighted by molar-refractivity contribution is 7.21. The van der Waals surface area contributed by atoms with Crippen molar-refractivity contribution >= 4 is 28.6 Å². The Morgan fingerprint density at radius 3 is 2.88 bits per heavy atom. The zero-order valence-corrected chi connectivity index (χ0v) is 11.4. The molecule has 2 aromatic heterocycles. The lowest BCUT2D eigenvalue weighted by Gasteiger charge is -1.95. The summed E-state index contributed by atoms with van der Waals surface area (Å²) in [7, 11) is 0. The molecule has 0 spiro atoms. The number of aromatic nitrogens is 1. The molecule has 0 N–H and O–H groups in total. The fourth-order valence-corrected chi connectivity index (χ4v) is 3.18. The van der Waals surface area contributed by atoms with Crippen LogP contribution >= 0.6 is 22.7 Å². The fourth-order valence-electron chi connectivity index (χ4n) is 1.37. The molecule has 0 radical (unpaired) electrons. The van der Waals surface area contributed by atoms with Crippen molar-refractivity contribution in [2.45, 2.75) is 20.3 Å². The predicted molar refractivity (Wildman–Crippen MR) is 70.8 cm³/mol. The second-order valence-corrected chi connectivity index (χ2v) is 5.40. The van der Waals surface area contributed by atoms with Crippen LogP contribution in [0.2, 0.25) is 0 Å². The van der Waals surface area contributed by atoms with Gasteiger partial charge in [-0.05, 0) is 25.5 Å². The Morgan fingerprint density at radius 1 is 1.41 bits per heavy atom. The van der Waals surface area contributed by atoms with Gasteiger partial charge >= 0.3 is 5.97 Å². The summed E-state index contributed by atoms with van der Waals surface area (Å²) in [6.45, 7) is 4.30. The number of esters is 1. The summed E-state index contributed by atoms with van der Waals surface area (Å²) in [5.74, 6) is -0.345. The minimum Gasteiger partial charge on any atom is -0.461 e. The average molecular weight is 267 g/mol. The van der Waals surface area contributed by atoms with E-state index in [1.165, 1.54) is 16.2 Å². The highest BCUT2D eigenvalue weighted by atomic mass is 32.1. The molecule has 0 atom stereocenters. The topological polar surface area (TPSA) is 39.2 Å². The van der Waals surface area contributed by atoms with Gasteiger partial charge in [0.15, 0.2) is 5.69 Å². The third-order valence-corrected chi connectivity index (χ3v) is 4.45. The number of carbonyl (C=O) groups is 1. The minimum absolute atomic E-state index is 0.345. The van der Waals surface area contributed by atoms with Crippen LogP contribution < -0.4 is 0 Å². The van der Waals surface area contributed by atoms with Crippen LogP contribution in [0.3, 0.4) is 0 Å². The van der Waals surface area contributed by atoms with E-state index in [1.807, 2.05) is 0 Å². The van der Waals surface area contributed by atoms with Gasteiger partial charge in [-0.1, -0.05) is 6.92 Å². The Morgan fingerprint density at radius 2 is 2.24 bits per heavy atom. The number of hydrogen-bond donors (Lipinski definition) is 0. The molecule has 90 valence electrons. The van der Waals surface area contributed by atoms with E-state index in [9.17, 15) is 4.79 Å². The van der Waals surface area contributed by atoms with E-state index in [0.29, 0.717) is 12.3 Å². The number of aryl methyl sites for hydroxylation is 1. The van der Waals surface area contributed by atoms with Crippen molar-refractivity contribution in [3.63, 3.8) is 0 Å². The maximum atomic E-state index is 11.5. The number of hydrogen-bond acceptors (Lipinski definition) is 5. The lowest BCUT2D eigenvalue weighted by Crippen LogP contribution is -2.04. The van der Waals surface area contributed by atoms with Gasteiger partial charge in [0.2, 0.25) is 0 Å². The van der Waals surface area contributed by atoms with Gasteiger partial charge in [0.05, 0.1) is 11.5 Å². The van der Waals surface area contributed by atoms with Crippen LogP contribution in [0.1, 0.15) is 29.2 Å². The first-order chi connectivity index (χ1) is 8.24. The molecule has 0 bridgehead atoms. The molecule has 0 aliphatic rings. The molecule has 2 rings (SSSR count). The Bertz CT molecular complexity index is 516. The normalized spacial score (nSPS) is 10.5. The van der Waals surface area contributed by atoms with Gasteiger partial charge in [-0.15, -0.1) is 22.7 Å². The molecule has 3 nitrogen and oxygen atoms in total. The predicted octanol–water partition coefficient (Wildman–Crippen LogP) is 3.61. The van der Waals surface area contributed by atoms with Crippen LogP contribution in [-0.4, -0.2) is 17.6 Å². The van der Waals surface area contributed by atoms with Crippen LogP contribution in [0.5, 0.6) is 0 Å². The molecule has 0 aromatic carbocycles. The first-order valence-corrected chi connectivity index (χ1v) is 7.16. The fraction of sp³-hybridized carbons (Fsp3) is 0.333. The molecule has 0 saturated heterocycles. The van der Waals surface area contributed by atoms with Crippen LogP contribution in [0, 0.1) is 0 Å². The van der Waals surface area contributed by atoms with Crippen LogP contribution in [0.25, 0.3) is 9.88 Å². The van der Waals surface area contributed by atoms with Gasteiger partial charge in [-0.3, -0.25) is 0 Å². The highest BCUT2D eigenvalue weighted by Crippen LogP contribution is 2.30. The summed E-state index contributed by atoms with van der Waals surface area (Å²) in [5.41, 5.74) is 0.401. The summed E-state index contributed by atoms with van der Waals surface area (Å²) in [5, 5.41) is 2.64. The zero-order valence-electron chi connectivity index (χ0n) is 9.73. The Hall–Kier alpha value is -1.20. The van der Waals surface area contributed by atoms with E-state index >= 15 is 0 Å². The average Bonchev–Trinajstić information content (AvgIpc) is 2.98. The summed E-state index contributed by atoms with van der Waals surface area (Å²) in [4.78, 5) is 18.2. The maximum absolute atomic E-state index is 11.5. The first-order valence-electron chi connectivity index (χ1n) is 5.46. The van der Waals surface area contributed by atoms with Crippen LogP contribution in [-0.2, 0) is 11.2 Å². The van der Waals surface area contributed by atoms with Gasteiger partial charge < -0.3 is 4.74 Å². The SMILES string of the molecule is CCOC(=O)c1csc(-c2ccc(CC)s2)n1. The molecular formula is C12H13NO2S2. The second kappa shape index (κ2) is 5.42. The van der Waals surface area contributed by atoms with Crippen LogP contribution in [0.4, 0.5) is 0 Å². The first kappa shape index (κ1) is 12.3. The number of nitrogens with zero attached hydrogens (tertiary/aromatic N) is 1. The van der Waals surface area contributed by atoms with Gasteiger partial charge in [-0.2, -0.15) is 0 Å². The molecule has 0 saturated carbocycles. The molecule has 2 heterocycles. The highest BCUT2D eigenvalue weighted by Gasteiger charge is 2.13. The van der Waals surface area contributed by atoms with Crippen molar-refractivity contribution in [2.75, 3.05) is 6.61 Å². The maximum Gasteiger partial charge on any atom is 0.357 e. The Kier molecular flexibility index (Phi) is 3.91. The Balaban J connectivity index is 2.20. The van der Waals surface area contributed by atoms with Crippen molar-refractivity contribution < 1.29 is 9.53 Å². The number of rotatable bonds is 4. The molecule has 0 unspecified atom stereocenters. The van der Waals surface area contributed by atoms with Crippen molar-refractivity contribution in [3.05, 3.63) is 28.1 Å². The van der Waals surface area contributed by atoms with E-state index in [-0.39, 0.29) is 5.97 Å². The monoisotopic (exact) mass is 267 g/mol. The van der Waals surface area contributed by atoms with E-state index < -0.39 is 0 Å². The molecule has 17 heavy (non-hydrogen) atoms. The van der Waals surface area contributed by atoms with Crippen molar-refractivity contribution in [1.29, 1.82) is 0 Å². The molecule has 0 aliphatic heterocycles. The lowest BCUT2D eigenvalue weighted by atomic mass is 10.4. The van der Waals surface area contributed by atoms with Gasteiger partial charge in [0.1, 0.15) is 5.01 Å². The molecule has 0 amide bonds. The molecule has 2 aromatic rings. The summed E-state index contributed by atoms with van der Waals surface area (Å²) in [6.07, 6.45) is 1.03. The summed E-state index contributed by atoms with van der Waals surface area (Å²) in [6, 6.07) is 4.16. The second-order valence-electron chi connectivity index (χ2n) is 3.38. The van der Waals surface area contributed by atoms with E-state index in [0.717, 1.165) is 16.3 Å². The minimum atomic E-state index is -0.345. The van der Waals surface area contributed by atoms with Gasteiger partial charge in [-0.25, -0.2) is 9.78 Å². The molecule has 0 fully saturated rings.